The van der Waals surface area contributed by atoms with Gasteiger partial charge in [0, 0.05) is 18.2 Å². The second kappa shape index (κ2) is 3.78. The molecule has 0 aromatic heterocycles. The van der Waals surface area contributed by atoms with Crippen LogP contribution in [-0.2, 0) is 10.2 Å². The number of para-hydroxylation sites is 1. The van der Waals surface area contributed by atoms with Crippen LogP contribution in [0.3, 0.4) is 0 Å². The lowest BCUT2D eigenvalue weighted by molar-refractivity contribution is -0.104. The van der Waals surface area contributed by atoms with Gasteiger partial charge >= 0.3 is 0 Å². The van der Waals surface area contributed by atoms with E-state index in [0.29, 0.717) is 0 Å². The van der Waals surface area contributed by atoms with Gasteiger partial charge in [-0.15, -0.1) is 0 Å². The van der Waals surface area contributed by atoms with Gasteiger partial charge in [-0.05, 0) is 17.7 Å². The summed E-state index contributed by atoms with van der Waals surface area (Å²) in [5.41, 5.74) is 2.65. The molecular weight excluding hydrogens is 198 g/mol. The van der Waals surface area contributed by atoms with Crippen molar-refractivity contribution in [3.05, 3.63) is 42.0 Å². The van der Waals surface area contributed by atoms with Crippen molar-refractivity contribution in [2.45, 2.75) is 25.3 Å². The zero-order valence-electron chi connectivity index (χ0n) is 9.97. The van der Waals surface area contributed by atoms with Crippen molar-refractivity contribution in [3.63, 3.8) is 0 Å². The van der Waals surface area contributed by atoms with E-state index in [2.05, 4.69) is 50.1 Å². The summed E-state index contributed by atoms with van der Waals surface area (Å²) >= 11 is 0. The van der Waals surface area contributed by atoms with Crippen LogP contribution in [0.2, 0.25) is 0 Å². The number of hydrogen-bond donors (Lipinski definition) is 0. The van der Waals surface area contributed by atoms with Crippen LogP contribution in [0.5, 0.6) is 0 Å². The summed E-state index contributed by atoms with van der Waals surface area (Å²) < 4.78 is 0. The monoisotopic (exact) mass is 215 g/mol. The molecule has 0 spiro atoms. The Bertz CT molecular complexity index is 434. The number of carbonyl (C=O) groups excluding carboxylic acids is 1. The van der Waals surface area contributed by atoms with Gasteiger partial charge in [-0.1, -0.05) is 38.1 Å². The lowest BCUT2D eigenvalue weighted by atomic mass is 9.80. The molecule has 1 aromatic rings. The van der Waals surface area contributed by atoms with Crippen molar-refractivity contribution in [2.75, 3.05) is 11.9 Å². The minimum atomic E-state index is 0.0465. The summed E-state index contributed by atoms with van der Waals surface area (Å²) in [5, 5.41) is 0. The fraction of sp³-hybridized carbons (Fsp3) is 0.357. The highest BCUT2D eigenvalue weighted by Gasteiger charge is 2.40. The molecule has 1 atom stereocenters. The van der Waals surface area contributed by atoms with Crippen molar-refractivity contribution in [1.82, 2.24) is 0 Å². The lowest BCUT2D eigenvalue weighted by Crippen LogP contribution is -2.37. The fourth-order valence-corrected chi connectivity index (χ4v) is 2.64. The van der Waals surface area contributed by atoms with E-state index in [1.807, 2.05) is 6.08 Å². The van der Waals surface area contributed by atoms with Gasteiger partial charge in [-0.25, -0.2) is 0 Å². The molecule has 1 aliphatic rings. The van der Waals surface area contributed by atoms with Gasteiger partial charge < -0.3 is 4.90 Å². The zero-order valence-corrected chi connectivity index (χ0v) is 9.97. The van der Waals surface area contributed by atoms with Crippen LogP contribution in [0, 0.1) is 0 Å². The second-order valence-corrected chi connectivity index (χ2v) is 4.82. The predicted molar refractivity (Wildman–Crippen MR) is 66.9 cm³/mol. The SMILES string of the molecule is CN1c2ccccc2C(C)(C)C1C=CC=O. The van der Waals surface area contributed by atoms with E-state index in [1.54, 1.807) is 6.08 Å². The average molecular weight is 215 g/mol. The van der Waals surface area contributed by atoms with Gasteiger partial charge in [0.15, 0.2) is 0 Å². The lowest BCUT2D eigenvalue weighted by Gasteiger charge is -2.29. The maximum atomic E-state index is 10.4. The first-order valence-corrected chi connectivity index (χ1v) is 5.53. The van der Waals surface area contributed by atoms with Gasteiger partial charge in [0.05, 0.1) is 6.04 Å². The summed E-state index contributed by atoms with van der Waals surface area (Å²) in [6.07, 6.45) is 4.41. The summed E-state index contributed by atoms with van der Waals surface area (Å²) in [5.74, 6) is 0. The Morgan fingerprint density at radius 2 is 2.00 bits per heavy atom. The van der Waals surface area contributed by atoms with Crippen LogP contribution in [0.4, 0.5) is 5.69 Å². The first-order valence-electron chi connectivity index (χ1n) is 5.53. The molecule has 1 aromatic carbocycles. The molecule has 2 nitrogen and oxygen atoms in total. The minimum Gasteiger partial charge on any atom is -0.367 e. The molecular formula is C14H17NO. The van der Waals surface area contributed by atoms with Gasteiger partial charge in [-0.2, -0.15) is 0 Å². The number of nitrogens with zero attached hydrogens (tertiary/aromatic N) is 1. The Morgan fingerprint density at radius 3 is 2.62 bits per heavy atom. The number of hydrogen-bond acceptors (Lipinski definition) is 2. The average Bonchev–Trinajstić information content (AvgIpc) is 2.46. The van der Waals surface area contributed by atoms with Crippen molar-refractivity contribution in [3.8, 4) is 0 Å². The van der Waals surface area contributed by atoms with Gasteiger partial charge in [0.1, 0.15) is 6.29 Å². The normalized spacial score (nSPS) is 22.4. The molecule has 0 aliphatic carbocycles. The molecule has 0 N–H and O–H groups in total. The first kappa shape index (κ1) is 10.9. The Kier molecular flexibility index (Phi) is 2.58. The number of allylic oxidation sites excluding steroid dienone is 1. The smallest absolute Gasteiger partial charge is 0.142 e. The molecule has 16 heavy (non-hydrogen) atoms. The molecule has 84 valence electrons. The maximum Gasteiger partial charge on any atom is 0.142 e. The number of benzene rings is 1. The third kappa shape index (κ3) is 1.45. The highest BCUT2D eigenvalue weighted by atomic mass is 16.1. The van der Waals surface area contributed by atoms with Crippen molar-refractivity contribution in [1.29, 1.82) is 0 Å². The van der Waals surface area contributed by atoms with Crippen LogP contribution >= 0.6 is 0 Å². The highest BCUT2D eigenvalue weighted by molar-refractivity contribution is 5.68. The largest absolute Gasteiger partial charge is 0.367 e. The maximum absolute atomic E-state index is 10.4. The van der Waals surface area contributed by atoms with Crippen LogP contribution in [0.25, 0.3) is 0 Å². The molecule has 0 amide bonds. The number of likely N-dealkylation sites (N-methyl/N-ethyl adjacent to an activating group) is 1. The number of fused-ring (bicyclic) bond motifs is 1. The molecule has 1 unspecified atom stereocenters. The van der Waals surface area contributed by atoms with E-state index >= 15 is 0 Å². The Hall–Kier alpha value is -1.57. The Balaban J connectivity index is 2.48. The topological polar surface area (TPSA) is 20.3 Å². The van der Waals surface area contributed by atoms with Gasteiger partial charge in [-0.3, -0.25) is 4.79 Å². The molecule has 2 rings (SSSR count). The van der Waals surface area contributed by atoms with E-state index in [1.165, 1.54) is 11.3 Å². The van der Waals surface area contributed by atoms with E-state index < -0.39 is 0 Å². The quantitative estimate of drug-likeness (QED) is 0.558. The van der Waals surface area contributed by atoms with Crippen LogP contribution in [0.1, 0.15) is 19.4 Å². The van der Waals surface area contributed by atoms with Crippen LogP contribution in [-0.4, -0.2) is 19.4 Å². The molecule has 1 aliphatic heterocycles. The van der Waals surface area contributed by atoms with E-state index in [-0.39, 0.29) is 11.5 Å². The third-order valence-electron chi connectivity index (χ3n) is 3.51. The molecule has 1 heterocycles. The summed E-state index contributed by atoms with van der Waals surface area (Å²) in [7, 11) is 2.08. The number of aldehydes is 1. The molecule has 0 saturated carbocycles. The Labute approximate surface area is 96.6 Å². The predicted octanol–water partition coefficient (Wildman–Crippen LogP) is 2.54. The van der Waals surface area contributed by atoms with E-state index in [4.69, 9.17) is 0 Å². The molecule has 0 radical (unpaired) electrons. The summed E-state index contributed by atoms with van der Waals surface area (Å²) in [4.78, 5) is 12.7. The summed E-state index contributed by atoms with van der Waals surface area (Å²) in [6.45, 7) is 4.43. The first-order chi connectivity index (χ1) is 7.59. The second-order valence-electron chi connectivity index (χ2n) is 4.82. The third-order valence-corrected chi connectivity index (χ3v) is 3.51. The van der Waals surface area contributed by atoms with Crippen LogP contribution < -0.4 is 4.90 Å². The number of rotatable bonds is 2. The number of anilines is 1. The van der Waals surface area contributed by atoms with Crippen molar-refractivity contribution in [2.24, 2.45) is 0 Å². The van der Waals surface area contributed by atoms with Crippen LogP contribution in [0.15, 0.2) is 36.4 Å². The fourth-order valence-electron chi connectivity index (χ4n) is 2.64. The van der Waals surface area contributed by atoms with E-state index in [0.717, 1.165) is 6.29 Å². The molecule has 0 bridgehead atoms. The highest BCUT2D eigenvalue weighted by Crippen LogP contribution is 2.44. The van der Waals surface area contributed by atoms with Crippen molar-refractivity contribution < 1.29 is 4.79 Å². The van der Waals surface area contributed by atoms with Gasteiger partial charge in [0.25, 0.3) is 0 Å². The van der Waals surface area contributed by atoms with Gasteiger partial charge in [0.2, 0.25) is 0 Å². The molecule has 2 heteroatoms. The van der Waals surface area contributed by atoms with Crippen molar-refractivity contribution >= 4 is 12.0 Å². The molecule has 0 fully saturated rings. The Morgan fingerprint density at radius 1 is 1.31 bits per heavy atom. The standard InChI is InChI=1S/C14H17NO/c1-14(2)11-7-4-5-8-12(11)15(3)13(14)9-6-10-16/h4-10,13H,1-3H3. The minimum absolute atomic E-state index is 0.0465. The summed E-state index contributed by atoms with van der Waals surface area (Å²) in [6, 6.07) is 8.67. The zero-order chi connectivity index (χ0) is 11.8. The molecule has 0 saturated heterocycles. The number of carbonyl (C=O) groups is 1. The van der Waals surface area contributed by atoms with E-state index in [9.17, 15) is 4.79 Å².